The summed E-state index contributed by atoms with van der Waals surface area (Å²) in [5.41, 5.74) is 0.754. The van der Waals surface area contributed by atoms with Crippen molar-refractivity contribution in [1.29, 1.82) is 0 Å². The molecule has 3 nitrogen and oxygen atoms in total. The predicted octanol–water partition coefficient (Wildman–Crippen LogP) is 2.83. The molecule has 1 rings (SSSR count). The molecule has 4 heteroatoms. The highest BCUT2D eigenvalue weighted by molar-refractivity contribution is 7.85. The average Bonchev–Trinajstić information content (AvgIpc) is 2.26. The highest BCUT2D eigenvalue weighted by atomic mass is 32.2. The molecule has 96 valence electrons. The maximum absolute atomic E-state index is 11.7. The maximum Gasteiger partial charge on any atom is 0.271 e. The van der Waals surface area contributed by atoms with E-state index in [9.17, 15) is 8.42 Å². The second-order valence-electron chi connectivity index (χ2n) is 4.69. The first-order valence-corrected chi connectivity index (χ1v) is 7.39. The van der Waals surface area contributed by atoms with Gasteiger partial charge >= 0.3 is 0 Å². The Kier molecular flexibility index (Phi) is 5.15. The van der Waals surface area contributed by atoms with Gasteiger partial charge in [0.05, 0.1) is 6.61 Å². The molecule has 0 saturated carbocycles. The van der Waals surface area contributed by atoms with Gasteiger partial charge in [0.1, 0.15) is 5.75 Å². The maximum atomic E-state index is 11.7. The van der Waals surface area contributed by atoms with Crippen LogP contribution in [0, 0.1) is 11.8 Å². The van der Waals surface area contributed by atoms with Gasteiger partial charge in [-0.2, -0.15) is 8.42 Å². The zero-order valence-electron chi connectivity index (χ0n) is 10.6. The van der Waals surface area contributed by atoms with Gasteiger partial charge in [-0.15, -0.1) is 0 Å². The van der Waals surface area contributed by atoms with Crippen molar-refractivity contribution in [3.8, 4) is 0 Å². The highest BCUT2D eigenvalue weighted by Gasteiger charge is 2.16. The zero-order valence-corrected chi connectivity index (χ0v) is 11.4. The smallest absolute Gasteiger partial charge is 0.270 e. The van der Waals surface area contributed by atoms with Gasteiger partial charge in [0, 0.05) is 0 Å². The molecule has 0 bridgehead atoms. The van der Waals surface area contributed by atoms with E-state index in [-0.39, 0.29) is 18.3 Å². The van der Waals surface area contributed by atoms with Gasteiger partial charge in [-0.25, -0.2) is 0 Å². The lowest BCUT2D eigenvalue weighted by Gasteiger charge is -2.15. The van der Waals surface area contributed by atoms with Gasteiger partial charge in [-0.3, -0.25) is 4.18 Å². The van der Waals surface area contributed by atoms with Crippen molar-refractivity contribution >= 4 is 10.1 Å². The van der Waals surface area contributed by atoms with Crippen molar-refractivity contribution < 1.29 is 12.6 Å². The fourth-order valence-electron chi connectivity index (χ4n) is 1.22. The Balaban J connectivity index is 2.53. The minimum Gasteiger partial charge on any atom is -0.270 e. The molecule has 1 atom stereocenters. The van der Waals surface area contributed by atoms with Gasteiger partial charge in [0.15, 0.2) is 0 Å². The molecule has 0 radical (unpaired) electrons. The number of rotatable bonds is 6. The summed E-state index contributed by atoms with van der Waals surface area (Å²) in [4.78, 5) is 0. The van der Waals surface area contributed by atoms with Gasteiger partial charge in [0.2, 0.25) is 0 Å². The minimum atomic E-state index is -3.46. The summed E-state index contributed by atoms with van der Waals surface area (Å²) in [6.07, 6.45) is 0. The van der Waals surface area contributed by atoms with Crippen LogP contribution in [-0.2, 0) is 20.1 Å². The normalized spacial score (nSPS) is 13.9. The number of hydrogen-bond donors (Lipinski definition) is 0. The quantitative estimate of drug-likeness (QED) is 0.735. The summed E-state index contributed by atoms with van der Waals surface area (Å²) in [6.45, 7) is 6.35. The first kappa shape index (κ1) is 14.2. The summed E-state index contributed by atoms with van der Waals surface area (Å²) < 4.78 is 28.4. The van der Waals surface area contributed by atoms with Gasteiger partial charge in [0.25, 0.3) is 10.1 Å². The molecule has 1 unspecified atom stereocenters. The van der Waals surface area contributed by atoms with Crippen LogP contribution in [0.25, 0.3) is 0 Å². The minimum absolute atomic E-state index is 0.0569. The van der Waals surface area contributed by atoms with Crippen LogP contribution in [0.3, 0.4) is 0 Å². The van der Waals surface area contributed by atoms with E-state index in [0.29, 0.717) is 5.92 Å². The van der Waals surface area contributed by atoms with Crippen LogP contribution >= 0.6 is 0 Å². The van der Waals surface area contributed by atoms with Crippen molar-refractivity contribution in [3.05, 3.63) is 35.9 Å². The van der Waals surface area contributed by atoms with Gasteiger partial charge in [-0.05, 0) is 17.4 Å². The third-order valence-corrected chi connectivity index (χ3v) is 4.02. The fraction of sp³-hybridized carbons (Fsp3) is 0.538. The second kappa shape index (κ2) is 6.17. The van der Waals surface area contributed by atoms with Crippen LogP contribution in [0.4, 0.5) is 0 Å². The Morgan fingerprint density at radius 2 is 1.71 bits per heavy atom. The van der Waals surface area contributed by atoms with E-state index >= 15 is 0 Å². The summed E-state index contributed by atoms with van der Waals surface area (Å²) in [6, 6.07) is 9.07. The molecular formula is C13H20O3S. The van der Waals surface area contributed by atoms with E-state index in [2.05, 4.69) is 13.8 Å². The summed E-state index contributed by atoms with van der Waals surface area (Å²) >= 11 is 0. The number of hydrogen-bond acceptors (Lipinski definition) is 3. The van der Waals surface area contributed by atoms with Crippen LogP contribution in [0.2, 0.25) is 0 Å². The fourth-order valence-corrected chi connectivity index (χ4v) is 2.33. The van der Waals surface area contributed by atoms with Crippen LogP contribution < -0.4 is 0 Å². The van der Waals surface area contributed by atoms with Crippen molar-refractivity contribution in [3.63, 3.8) is 0 Å². The Morgan fingerprint density at radius 1 is 1.12 bits per heavy atom. The monoisotopic (exact) mass is 256 g/mol. The van der Waals surface area contributed by atoms with E-state index in [1.807, 2.05) is 25.1 Å². The molecular weight excluding hydrogens is 236 g/mol. The van der Waals surface area contributed by atoms with E-state index in [0.717, 1.165) is 5.56 Å². The topological polar surface area (TPSA) is 43.4 Å². The molecule has 0 fully saturated rings. The molecule has 17 heavy (non-hydrogen) atoms. The Hall–Kier alpha value is -0.870. The Morgan fingerprint density at radius 3 is 2.24 bits per heavy atom. The van der Waals surface area contributed by atoms with E-state index in [1.54, 1.807) is 12.1 Å². The molecule has 0 aliphatic heterocycles. The third kappa shape index (κ3) is 5.33. The molecule has 1 aromatic rings. The third-order valence-electron chi connectivity index (χ3n) is 2.83. The lowest BCUT2D eigenvalue weighted by Crippen LogP contribution is -2.17. The van der Waals surface area contributed by atoms with Crippen molar-refractivity contribution in [2.45, 2.75) is 26.5 Å². The van der Waals surface area contributed by atoms with E-state index in [4.69, 9.17) is 4.18 Å². The molecule has 0 heterocycles. The Bertz CT molecular complexity index is 423. The lowest BCUT2D eigenvalue weighted by molar-refractivity contribution is 0.228. The van der Waals surface area contributed by atoms with Crippen molar-refractivity contribution in [1.82, 2.24) is 0 Å². The molecule has 1 aromatic carbocycles. The number of benzene rings is 1. The standard InChI is InChI=1S/C13H20O3S/c1-11(2)12(3)9-16-17(14,15)10-13-7-5-4-6-8-13/h4-8,11-12H,9-10H2,1-3H3. The van der Waals surface area contributed by atoms with Crippen molar-refractivity contribution in [2.24, 2.45) is 11.8 Å². The average molecular weight is 256 g/mol. The summed E-state index contributed by atoms with van der Waals surface area (Å²) in [7, 11) is -3.46. The second-order valence-corrected chi connectivity index (χ2v) is 6.33. The molecule has 0 spiro atoms. The van der Waals surface area contributed by atoms with Crippen LogP contribution in [0.1, 0.15) is 26.3 Å². The summed E-state index contributed by atoms with van der Waals surface area (Å²) in [5.74, 6) is 0.598. The first-order chi connectivity index (χ1) is 7.91. The van der Waals surface area contributed by atoms with Crippen molar-refractivity contribution in [2.75, 3.05) is 6.61 Å². The van der Waals surface area contributed by atoms with Crippen LogP contribution in [-0.4, -0.2) is 15.0 Å². The molecule has 0 aromatic heterocycles. The van der Waals surface area contributed by atoms with E-state index < -0.39 is 10.1 Å². The lowest BCUT2D eigenvalue weighted by atomic mass is 10.00. The summed E-state index contributed by atoms with van der Waals surface area (Å²) in [5, 5.41) is 0. The van der Waals surface area contributed by atoms with Crippen LogP contribution in [0.15, 0.2) is 30.3 Å². The van der Waals surface area contributed by atoms with Gasteiger partial charge in [-0.1, -0.05) is 51.1 Å². The van der Waals surface area contributed by atoms with Crippen LogP contribution in [0.5, 0.6) is 0 Å². The highest BCUT2D eigenvalue weighted by Crippen LogP contribution is 2.13. The molecule has 0 saturated heterocycles. The van der Waals surface area contributed by atoms with Gasteiger partial charge < -0.3 is 0 Å². The molecule has 0 amide bonds. The predicted molar refractivity (Wildman–Crippen MR) is 69.0 cm³/mol. The zero-order chi connectivity index (χ0) is 12.9. The molecule has 0 aliphatic carbocycles. The first-order valence-electron chi connectivity index (χ1n) is 5.82. The molecule has 0 N–H and O–H groups in total. The SMILES string of the molecule is CC(C)C(C)COS(=O)(=O)Cc1ccccc1. The van der Waals surface area contributed by atoms with E-state index in [1.165, 1.54) is 0 Å². The molecule has 0 aliphatic rings. The largest absolute Gasteiger partial charge is 0.271 e. The Labute approximate surface area is 104 Å².